The number of nitrogens with one attached hydrogen (secondary N) is 1. The Bertz CT molecular complexity index is 1830. The zero-order valence-corrected chi connectivity index (χ0v) is 24.9. The molecule has 1 aliphatic heterocycles. The second-order valence-electron chi connectivity index (χ2n) is 10.9. The smallest absolute Gasteiger partial charge is 0.341 e. The molecule has 0 saturated carbocycles. The number of ether oxygens (including phenoxy) is 1. The van der Waals surface area contributed by atoms with Gasteiger partial charge in [0.05, 0.1) is 30.0 Å². The van der Waals surface area contributed by atoms with E-state index in [2.05, 4.69) is 33.9 Å². The molecule has 0 spiro atoms. The number of carboxylic acids is 1. The molecular weight excluding hydrogens is 570 g/mol. The molecule has 4 aromatic rings. The summed E-state index contributed by atoms with van der Waals surface area (Å²) in [5.74, 6) is -3.22. The van der Waals surface area contributed by atoms with Crippen LogP contribution in [0.4, 0.5) is 20.2 Å². The molecule has 3 aromatic heterocycles. The average molecular weight is 605 g/mol. The van der Waals surface area contributed by atoms with E-state index >= 15 is 4.39 Å². The van der Waals surface area contributed by atoms with E-state index in [1.54, 1.807) is 30.1 Å². The molecule has 230 valence electrons. The molecule has 0 radical (unpaired) electrons. The molecular formula is C32H34F2N6O4. The third kappa shape index (κ3) is 4.97. The topological polar surface area (TPSA) is 113 Å². The summed E-state index contributed by atoms with van der Waals surface area (Å²) < 4.78 is 37.8. The van der Waals surface area contributed by atoms with Gasteiger partial charge in [0.25, 0.3) is 0 Å². The Labute approximate surface area is 252 Å². The zero-order valence-electron chi connectivity index (χ0n) is 24.9. The van der Waals surface area contributed by atoms with Crippen molar-refractivity contribution in [3.8, 4) is 22.3 Å². The minimum absolute atomic E-state index is 0.158. The highest BCUT2D eigenvalue weighted by molar-refractivity contribution is 5.98. The van der Waals surface area contributed by atoms with Crippen molar-refractivity contribution in [2.75, 3.05) is 63.2 Å². The Morgan fingerprint density at radius 3 is 2.55 bits per heavy atom. The Balaban J connectivity index is 1.58. The number of nitrogens with zero attached hydrogens (tertiary/aromatic N) is 5. The van der Waals surface area contributed by atoms with Crippen LogP contribution in [0.1, 0.15) is 35.5 Å². The van der Waals surface area contributed by atoms with Gasteiger partial charge in [-0.1, -0.05) is 13.8 Å². The number of anilines is 2. The van der Waals surface area contributed by atoms with E-state index in [1.807, 2.05) is 0 Å². The van der Waals surface area contributed by atoms with Crippen LogP contribution < -0.4 is 15.6 Å². The van der Waals surface area contributed by atoms with Gasteiger partial charge in [-0.05, 0) is 24.7 Å². The summed E-state index contributed by atoms with van der Waals surface area (Å²) in [6, 6.07) is 2.79. The van der Waals surface area contributed by atoms with Crippen molar-refractivity contribution >= 4 is 28.4 Å². The van der Waals surface area contributed by atoms with Crippen molar-refractivity contribution in [3.63, 3.8) is 0 Å². The molecule has 1 fully saturated rings. The summed E-state index contributed by atoms with van der Waals surface area (Å²) >= 11 is 0. The number of carbonyl (C=O) groups is 1. The quantitative estimate of drug-likeness (QED) is 0.255. The van der Waals surface area contributed by atoms with Gasteiger partial charge in [0, 0.05) is 92.2 Å². The monoisotopic (exact) mass is 604 g/mol. The highest BCUT2D eigenvalue weighted by Crippen LogP contribution is 2.50. The number of rotatable bonds is 9. The first kappa shape index (κ1) is 29.6. The highest BCUT2D eigenvalue weighted by atomic mass is 19.2. The van der Waals surface area contributed by atoms with Gasteiger partial charge in [-0.25, -0.2) is 18.6 Å². The zero-order chi connectivity index (χ0) is 31.1. The van der Waals surface area contributed by atoms with Crippen LogP contribution in [0.2, 0.25) is 0 Å². The van der Waals surface area contributed by atoms with E-state index in [0.29, 0.717) is 90.8 Å². The molecule has 4 heterocycles. The highest BCUT2D eigenvalue weighted by Gasteiger charge is 2.34. The van der Waals surface area contributed by atoms with Gasteiger partial charge in [-0.2, -0.15) is 0 Å². The van der Waals surface area contributed by atoms with E-state index in [-0.39, 0.29) is 16.5 Å². The van der Waals surface area contributed by atoms with Crippen molar-refractivity contribution in [1.29, 1.82) is 0 Å². The molecule has 0 bridgehead atoms. The van der Waals surface area contributed by atoms with Gasteiger partial charge in [0.1, 0.15) is 11.2 Å². The summed E-state index contributed by atoms with van der Waals surface area (Å²) in [7, 11) is 1.67. The van der Waals surface area contributed by atoms with Crippen molar-refractivity contribution in [2.45, 2.75) is 26.8 Å². The predicted molar refractivity (Wildman–Crippen MR) is 165 cm³/mol. The van der Waals surface area contributed by atoms with Crippen LogP contribution in [0.25, 0.3) is 33.3 Å². The number of halogens is 2. The van der Waals surface area contributed by atoms with Crippen LogP contribution in [0.15, 0.2) is 35.5 Å². The van der Waals surface area contributed by atoms with Gasteiger partial charge in [-0.15, -0.1) is 0 Å². The van der Waals surface area contributed by atoms with Crippen LogP contribution in [0, 0.1) is 11.6 Å². The van der Waals surface area contributed by atoms with E-state index in [9.17, 15) is 19.1 Å². The number of pyridine rings is 3. The molecule has 1 aromatic carbocycles. The number of aromatic carboxylic acids is 1. The molecule has 12 heteroatoms. The second-order valence-corrected chi connectivity index (χ2v) is 10.9. The Morgan fingerprint density at radius 2 is 1.86 bits per heavy atom. The molecule has 6 rings (SSSR count). The number of aromatic nitrogens is 3. The summed E-state index contributed by atoms with van der Waals surface area (Å²) in [6.45, 7) is 8.78. The van der Waals surface area contributed by atoms with E-state index in [0.717, 1.165) is 19.2 Å². The summed E-state index contributed by atoms with van der Waals surface area (Å²) in [5.41, 5.74) is 3.54. The van der Waals surface area contributed by atoms with Crippen molar-refractivity contribution in [2.24, 2.45) is 0 Å². The summed E-state index contributed by atoms with van der Waals surface area (Å²) in [5, 5.41) is 13.0. The van der Waals surface area contributed by atoms with E-state index in [4.69, 9.17) is 9.72 Å². The molecule has 1 aliphatic carbocycles. The maximum atomic E-state index is 15.6. The molecule has 2 N–H and O–H groups in total. The molecule has 0 unspecified atom stereocenters. The number of hydrogen-bond donors (Lipinski definition) is 2. The number of morpholine rings is 1. The van der Waals surface area contributed by atoms with Crippen LogP contribution in [0.3, 0.4) is 0 Å². The normalized spacial score (nSPS) is 14.3. The summed E-state index contributed by atoms with van der Waals surface area (Å²) in [4.78, 5) is 39.2. The first-order valence-corrected chi connectivity index (χ1v) is 14.8. The van der Waals surface area contributed by atoms with Gasteiger partial charge < -0.3 is 29.5 Å². The first-order chi connectivity index (χ1) is 21.3. The van der Waals surface area contributed by atoms with Gasteiger partial charge in [0.2, 0.25) is 5.43 Å². The van der Waals surface area contributed by atoms with Crippen molar-refractivity contribution in [3.05, 3.63) is 69.4 Å². The third-order valence-corrected chi connectivity index (χ3v) is 8.65. The van der Waals surface area contributed by atoms with Crippen LogP contribution in [0.5, 0.6) is 0 Å². The number of likely N-dealkylation sites (N-methyl/N-ethyl adjacent to an activating group) is 1. The maximum Gasteiger partial charge on any atom is 0.341 e. The fraction of sp³-hybridized carbons (Fsp3) is 0.375. The molecule has 44 heavy (non-hydrogen) atoms. The van der Waals surface area contributed by atoms with Crippen LogP contribution >= 0.6 is 0 Å². The SMILES string of the molecule is CCN(CC)CCn1cc(C(=O)O)c(=O)c2cc(-c3cnc4c(c3N3CCOCC3)-c3c(F)c(F)cc(NC)c3C4)cnc21. The van der Waals surface area contributed by atoms with E-state index in [1.165, 1.54) is 6.20 Å². The minimum atomic E-state index is -1.32. The lowest BCUT2D eigenvalue weighted by atomic mass is 9.96. The fourth-order valence-electron chi connectivity index (χ4n) is 6.29. The minimum Gasteiger partial charge on any atom is -0.477 e. The van der Waals surface area contributed by atoms with Crippen molar-refractivity contribution < 1.29 is 23.4 Å². The Morgan fingerprint density at radius 1 is 1.11 bits per heavy atom. The van der Waals surface area contributed by atoms with Crippen LogP contribution in [-0.4, -0.2) is 83.5 Å². The molecule has 0 amide bonds. The Hall–Kier alpha value is -4.42. The fourth-order valence-corrected chi connectivity index (χ4v) is 6.29. The maximum absolute atomic E-state index is 15.6. The van der Waals surface area contributed by atoms with Crippen molar-refractivity contribution in [1.82, 2.24) is 19.4 Å². The van der Waals surface area contributed by atoms with Gasteiger partial charge >= 0.3 is 5.97 Å². The predicted octanol–water partition coefficient (Wildman–Crippen LogP) is 4.23. The molecule has 10 nitrogen and oxygen atoms in total. The average Bonchev–Trinajstić information content (AvgIpc) is 3.44. The third-order valence-electron chi connectivity index (χ3n) is 8.65. The second kappa shape index (κ2) is 11.9. The molecule has 1 saturated heterocycles. The van der Waals surface area contributed by atoms with E-state index < -0.39 is 23.0 Å². The van der Waals surface area contributed by atoms with Gasteiger partial charge in [0.15, 0.2) is 11.6 Å². The molecule has 2 aliphatic rings. The lowest BCUT2D eigenvalue weighted by Gasteiger charge is -2.32. The number of carboxylic acid groups (broad SMARTS) is 1. The lowest BCUT2D eigenvalue weighted by Crippen LogP contribution is -2.37. The Kier molecular flexibility index (Phi) is 8.04. The molecule has 0 atom stereocenters. The first-order valence-electron chi connectivity index (χ1n) is 14.8. The number of hydrogen-bond acceptors (Lipinski definition) is 8. The largest absolute Gasteiger partial charge is 0.477 e. The standard InChI is InChI=1S/C32H34F2N6O4/c1-4-38(5-2)6-7-40-17-22(32(42)43)30(41)20-12-18(15-37-31(20)40)21-16-36-25-13-19-24(35-3)14-23(33)28(34)26(19)27(25)29(21)39-8-10-44-11-9-39/h12,14-17,35H,4-11,13H2,1-3H3,(H,42,43). The lowest BCUT2D eigenvalue weighted by molar-refractivity contribution is 0.0694. The summed E-state index contributed by atoms with van der Waals surface area (Å²) in [6.07, 6.45) is 4.98. The number of fused-ring (bicyclic) bond motifs is 4. The van der Waals surface area contributed by atoms with Gasteiger partial charge in [-0.3, -0.25) is 9.78 Å². The van der Waals surface area contributed by atoms with Crippen LogP contribution in [-0.2, 0) is 17.7 Å². The number of benzene rings is 1.